The van der Waals surface area contributed by atoms with E-state index in [9.17, 15) is 0 Å². The van der Waals surface area contributed by atoms with Crippen molar-refractivity contribution in [3.8, 4) is 0 Å². The molecule has 1 aromatic carbocycles. The Morgan fingerprint density at radius 2 is 2.00 bits per heavy atom. The molecule has 0 aliphatic carbocycles. The molecule has 2 heteroatoms. The van der Waals surface area contributed by atoms with Crippen molar-refractivity contribution in [1.82, 2.24) is 5.32 Å². The average Bonchev–Trinajstić information content (AvgIpc) is 2.74. The van der Waals surface area contributed by atoms with Crippen molar-refractivity contribution in [2.75, 3.05) is 25.5 Å². The standard InChI is InChI=1S/C14H22N2/c1-10-8-12(13-6-5-7-15-13)9-14(11(10)2)16(3)4/h8-9,13,15H,5-7H2,1-4H3. The average molecular weight is 218 g/mol. The number of aryl methyl sites for hydroxylation is 1. The van der Waals surface area contributed by atoms with E-state index in [2.05, 4.69) is 50.3 Å². The molecule has 1 aliphatic heterocycles. The number of rotatable bonds is 2. The molecular formula is C14H22N2. The predicted octanol–water partition coefficient (Wildman–Crippen LogP) is 2.79. The lowest BCUT2D eigenvalue weighted by Crippen LogP contribution is -2.16. The van der Waals surface area contributed by atoms with Gasteiger partial charge in [-0.2, -0.15) is 0 Å². The predicted molar refractivity (Wildman–Crippen MR) is 70.2 cm³/mol. The number of nitrogens with one attached hydrogen (secondary N) is 1. The van der Waals surface area contributed by atoms with E-state index in [1.165, 1.54) is 35.2 Å². The zero-order valence-corrected chi connectivity index (χ0v) is 10.8. The zero-order valence-electron chi connectivity index (χ0n) is 10.8. The third kappa shape index (κ3) is 2.07. The molecule has 1 aliphatic rings. The van der Waals surface area contributed by atoms with Gasteiger partial charge in [0.25, 0.3) is 0 Å². The van der Waals surface area contributed by atoms with E-state index in [1.807, 2.05) is 0 Å². The Bertz CT molecular complexity index is 377. The second-order valence-electron chi connectivity index (χ2n) is 5.03. The van der Waals surface area contributed by atoms with Gasteiger partial charge < -0.3 is 10.2 Å². The molecular weight excluding hydrogens is 196 g/mol. The highest BCUT2D eigenvalue weighted by Crippen LogP contribution is 2.30. The summed E-state index contributed by atoms with van der Waals surface area (Å²) in [5.41, 5.74) is 5.59. The minimum Gasteiger partial charge on any atom is -0.377 e. The van der Waals surface area contributed by atoms with Crippen molar-refractivity contribution in [3.63, 3.8) is 0 Å². The van der Waals surface area contributed by atoms with Crippen LogP contribution in [0.15, 0.2) is 12.1 Å². The van der Waals surface area contributed by atoms with E-state index < -0.39 is 0 Å². The monoisotopic (exact) mass is 218 g/mol. The first kappa shape index (κ1) is 11.5. The first-order valence-corrected chi connectivity index (χ1v) is 6.11. The fourth-order valence-electron chi connectivity index (χ4n) is 2.50. The maximum Gasteiger partial charge on any atom is 0.0396 e. The molecule has 1 unspecified atom stereocenters. The topological polar surface area (TPSA) is 15.3 Å². The smallest absolute Gasteiger partial charge is 0.0396 e. The van der Waals surface area contributed by atoms with Crippen molar-refractivity contribution >= 4 is 5.69 Å². The van der Waals surface area contributed by atoms with Crippen LogP contribution >= 0.6 is 0 Å². The Morgan fingerprint density at radius 3 is 2.56 bits per heavy atom. The number of anilines is 1. The molecule has 0 radical (unpaired) electrons. The lowest BCUT2D eigenvalue weighted by Gasteiger charge is -2.21. The molecule has 1 heterocycles. The van der Waals surface area contributed by atoms with Crippen LogP contribution in [0, 0.1) is 13.8 Å². The summed E-state index contributed by atoms with van der Waals surface area (Å²) in [7, 11) is 4.24. The zero-order chi connectivity index (χ0) is 11.7. The van der Waals surface area contributed by atoms with Gasteiger partial charge in [0, 0.05) is 25.8 Å². The molecule has 2 rings (SSSR count). The summed E-state index contributed by atoms with van der Waals surface area (Å²) in [5.74, 6) is 0. The second kappa shape index (κ2) is 4.46. The molecule has 2 nitrogen and oxygen atoms in total. The number of hydrogen-bond donors (Lipinski definition) is 1. The van der Waals surface area contributed by atoms with Gasteiger partial charge >= 0.3 is 0 Å². The maximum absolute atomic E-state index is 3.57. The first-order chi connectivity index (χ1) is 7.59. The summed E-state index contributed by atoms with van der Waals surface area (Å²) in [6.07, 6.45) is 2.57. The van der Waals surface area contributed by atoms with Gasteiger partial charge in [0.05, 0.1) is 0 Å². The van der Waals surface area contributed by atoms with Crippen molar-refractivity contribution < 1.29 is 0 Å². The van der Waals surface area contributed by atoms with E-state index in [-0.39, 0.29) is 0 Å². The van der Waals surface area contributed by atoms with Gasteiger partial charge in [-0.1, -0.05) is 6.07 Å². The number of benzene rings is 1. The van der Waals surface area contributed by atoms with Gasteiger partial charge in [0.2, 0.25) is 0 Å². The molecule has 0 saturated carbocycles. The molecule has 0 amide bonds. The molecule has 1 N–H and O–H groups in total. The van der Waals surface area contributed by atoms with E-state index >= 15 is 0 Å². The number of nitrogens with zero attached hydrogens (tertiary/aromatic N) is 1. The molecule has 16 heavy (non-hydrogen) atoms. The third-order valence-electron chi connectivity index (χ3n) is 3.61. The van der Waals surface area contributed by atoms with Crippen molar-refractivity contribution in [2.24, 2.45) is 0 Å². The highest BCUT2D eigenvalue weighted by Gasteiger charge is 2.18. The fraction of sp³-hybridized carbons (Fsp3) is 0.571. The Balaban J connectivity index is 2.39. The highest BCUT2D eigenvalue weighted by molar-refractivity contribution is 5.57. The minimum absolute atomic E-state index is 0.568. The van der Waals surface area contributed by atoms with Crippen molar-refractivity contribution in [3.05, 3.63) is 28.8 Å². The number of hydrogen-bond acceptors (Lipinski definition) is 2. The second-order valence-corrected chi connectivity index (χ2v) is 5.03. The normalized spacial score (nSPS) is 20.1. The van der Waals surface area contributed by atoms with E-state index in [1.54, 1.807) is 0 Å². The lowest BCUT2D eigenvalue weighted by atomic mass is 9.98. The van der Waals surface area contributed by atoms with Crippen LogP contribution in [0.2, 0.25) is 0 Å². The molecule has 1 fully saturated rings. The Kier molecular flexibility index (Phi) is 3.20. The summed E-state index contributed by atoms with van der Waals surface area (Å²) in [6, 6.07) is 5.24. The van der Waals surface area contributed by atoms with Crippen molar-refractivity contribution in [2.45, 2.75) is 32.7 Å². The molecule has 0 bridgehead atoms. The van der Waals surface area contributed by atoms with Gasteiger partial charge in [-0.3, -0.25) is 0 Å². The van der Waals surface area contributed by atoms with Gasteiger partial charge in [0.15, 0.2) is 0 Å². The van der Waals surface area contributed by atoms with Crippen LogP contribution in [0.4, 0.5) is 5.69 Å². The SMILES string of the molecule is Cc1cc(C2CCCN2)cc(N(C)C)c1C. The summed E-state index contributed by atoms with van der Waals surface area (Å²) in [4.78, 5) is 2.21. The van der Waals surface area contributed by atoms with Gasteiger partial charge in [0.1, 0.15) is 0 Å². The molecule has 1 aromatic rings. The Hall–Kier alpha value is -1.02. The quantitative estimate of drug-likeness (QED) is 0.821. The van der Waals surface area contributed by atoms with Crippen LogP contribution in [0.1, 0.15) is 35.6 Å². The van der Waals surface area contributed by atoms with Gasteiger partial charge in [-0.25, -0.2) is 0 Å². The summed E-state index contributed by atoms with van der Waals surface area (Å²) in [5, 5.41) is 3.57. The summed E-state index contributed by atoms with van der Waals surface area (Å²) < 4.78 is 0. The van der Waals surface area contributed by atoms with Crippen LogP contribution in [0.5, 0.6) is 0 Å². The third-order valence-corrected chi connectivity index (χ3v) is 3.61. The van der Waals surface area contributed by atoms with Crippen molar-refractivity contribution in [1.29, 1.82) is 0 Å². The van der Waals surface area contributed by atoms with Crippen LogP contribution < -0.4 is 10.2 Å². The largest absolute Gasteiger partial charge is 0.377 e. The molecule has 1 atom stereocenters. The van der Waals surface area contributed by atoms with E-state index in [0.29, 0.717) is 6.04 Å². The van der Waals surface area contributed by atoms with Crippen LogP contribution in [0.25, 0.3) is 0 Å². The molecule has 0 aromatic heterocycles. The van der Waals surface area contributed by atoms with E-state index in [0.717, 1.165) is 6.54 Å². The van der Waals surface area contributed by atoms with Gasteiger partial charge in [-0.05, 0) is 56.0 Å². The summed E-state index contributed by atoms with van der Waals surface area (Å²) in [6.45, 7) is 5.58. The molecule has 1 saturated heterocycles. The van der Waals surface area contributed by atoms with Crippen LogP contribution in [0.3, 0.4) is 0 Å². The first-order valence-electron chi connectivity index (χ1n) is 6.11. The van der Waals surface area contributed by atoms with Crippen LogP contribution in [-0.2, 0) is 0 Å². The van der Waals surface area contributed by atoms with Crippen LogP contribution in [-0.4, -0.2) is 20.6 Å². The van der Waals surface area contributed by atoms with Gasteiger partial charge in [-0.15, -0.1) is 0 Å². The molecule has 0 spiro atoms. The summed E-state index contributed by atoms with van der Waals surface area (Å²) >= 11 is 0. The fourth-order valence-corrected chi connectivity index (χ4v) is 2.50. The highest BCUT2D eigenvalue weighted by atomic mass is 15.1. The molecule has 88 valence electrons. The lowest BCUT2D eigenvalue weighted by molar-refractivity contribution is 0.647. The maximum atomic E-state index is 3.57. The minimum atomic E-state index is 0.568. The Morgan fingerprint density at radius 1 is 1.25 bits per heavy atom. The Labute approximate surface area is 98.7 Å². The van der Waals surface area contributed by atoms with E-state index in [4.69, 9.17) is 0 Å².